The zero-order chi connectivity index (χ0) is 25.9. The molecule has 1 saturated carbocycles. The van der Waals surface area contributed by atoms with E-state index < -0.39 is 0 Å². The molecule has 4 rings (SSSR count). The molecule has 0 radical (unpaired) electrons. The Bertz CT molecular complexity index is 982. The zero-order valence-electron chi connectivity index (χ0n) is 21.9. The summed E-state index contributed by atoms with van der Waals surface area (Å²) >= 11 is 1.58. The maximum Gasteiger partial charge on any atom is 0.270 e. The molecule has 1 saturated heterocycles. The van der Waals surface area contributed by atoms with Gasteiger partial charge >= 0.3 is 0 Å². The Morgan fingerprint density at radius 3 is 2.38 bits per heavy atom. The molecule has 7 nitrogen and oxygen atoms in total. The van der Waals surface area contributed by atoms with Crippen molar-refractivity contribution >= 4 is 23.6 Å². The van der Waals surface area contributed by atoms with Crippen LogP contribution in [0.15, 0.2) is 48.7 Å². The maximum atomic E-state index is 12.8. The first-order chi connectivity index (χ1) is 18.1. The Hall–Kier alpha value is -2.42. The molecule has 1 aliphatic heterocycles. The summed E-state index contributed by atoms with van der Waals surface area (Å²) in [5.74, 6) is -0.283. The van der Waals surface area contributed by atoms with Gasteiger partial charge in [-0.3, -0.25) is 14.6 Å². The number of benzene rings is 1. The van der Waals surface area contributed by atoms with Crippen molar-refractivity contribution < 1.29 is 9.59 Å². The third kappa shape index (κ3) is 8.55. The third-order valence-electron chi connectivity index (χ3n) is 7.28. The van der Waals surface area contributed by atoms with E-state index in [1.807, 2.05) is 6.92 Å². The predicted molar refractivity (Wildman–Crippen MR) is 150 cm³/mol. The number of carbonyl (C=O) groups excluding carboxylic acids is 2. The summed E-state index contributed by atoms with van der Waals surface area (Å²) in [4.78, 5) is 29.3. The molecule has 1 aromatic heterocycles. The lowest BCUT2D eigenvalue weighted by Gasteiger charge is -2.41. The number of carbonyl (C=O) groups is 2. The van der Waals surface area contributed by atoms with Crippen molar-refractivity contribution in [2.75, 3.05) is 13.1 Å². The van der Waals surface area contributed by atoms with Gasteiger partial charge in [0.25, 0.3) is 5.91 Å². The monoisotopic (exact) mass is 523 g/mol. The van der Waals surface area contributed by atoms with Gasteiger partial charge in [-0.15, -0.1) is 11.8 Å². The lowest BCUT2D eigenvalue weighted by Crippen LogP contribution is -2.60. The van der Waals surface area contributed by atoms with Crippen LogP contribution in [0.4, 0.5) is 0 Å². The van der Waals surface area contributed by atoms with Crippen LogP contribution in [0.25, 0.3) is 0 Å². The molecule has 1 aliphatic carbocycles. The van der Waals surface area contributed by atoms with Crippen LogP contribution in [-0.2, 0) is 17.9 Å². The fourth-order valence-electron chi connectivity index (χ4n) is 4.98. The summed E-state index contributed by atoms with van der Waals surface area (Å²) in [5.41, 5.74) is 2.68. The number of nitrogens with zero attached hydrogens (tertiary/aromatic N) is 1. The Kier molecular flexibility index (Phi) is 10.8. The number of rotatable bonds is 13. The molecule has 2 unspecified atom stereocenters. The standard InChI is InChI=1S/C29H41N5O2S/c1-21-26(34-28(35)25-11-5-6-18-32-25)27(37-21)29(36)33-20-23-14-12-22(13-15-23)19-30-16-7-8-17-31-24-9-3-2-4-10-24/h5-6,11-15,18,21,24,26-27,30-31H,2-4,7-10,16-17,19-20H2,1H3,(H,33,36)(H,34,35)/t21?,26-,27?/m0/s1. The van der Waals surface area contributed by atoms with Crippen LogP contribution in [0, 0.1) is 0 Å². The van der Waals surface area contributed by atoms with E-state index in [0.717, 1.165) is 31.2 Å². The Labute approximate surface area is 225 Å². The van der Waals surface area contributed by atoms with Crippen LogP contribution in [0.1, 0.15) is 73.5 Å². The van der Waals surface area contributed by atoms with Crippen molar-refractivity contribution in [3.63, 3.8) is 0 Å². The topological polar surface area (TPSA) is 95.1 Å². The normalized spacial score (nSPS) is 21.7. The highest BCUT2D eigenvalue weighted by molar-refractivity contribution is 8.02. The number of unbranched alkanes of at least 4 members (excludes halogenated alkanes) is 1. The highest BCUT2D eigenvalue weighted by Gasteiger charge is 2.44. The largest absolute Gasteiger partial charge is 0.351 e. The quantitative estimate of drug-likeness (QED) is 0.299. The van der Waals surface area contributed by atoms with Gasteiger partial charge in [-0.2, -0.15) is 0 Å². The van der Waals surface area contributed by atoms with Crippen LogP contribution in [0.2, 0.25) is 0 Å². The van der Waals surface area contributed by atoms with Gasteiger partial charge in [0.05, 0.1) is 6.04 Å². The van der Waals surface area contributed by atoms with Crippen LogP contribution < -0.4 is 21.3 Å². The van der Waals surface area contributed by atoms with Crippen molar-refractivity contribution in [2.45, 2.75) is 87.5 Å². The van der Waals surface area contributed by atoms with E-state index in [-0.39, 0.29) is 28.4 Å². The zero-order valence-corrected chi connectivity index (χ0v) is 22.7. The number of hydrogen-bond acceptors (Lipinski definition) is 6. The van der Waals surface area contributed by atoms with E-state index in [9.17, 15) is 9.59 Å². The second-order valence-electron chi connectivity index (χ2n) is 10.2. The van der Waals surface area contributed by atoms with Crippen LogP contribution in [0.3, 0.4) is 0 Å². The van der Waals surface area contributed by atoms with Gasteiger partial charge in [-0.05, 0) is 62.0 Å². The molecule has 4 N–H and O–H groups in total. The van der Waals surface area contributed by atoms with E-state index in [0.29, 0.717) is 12.2 Å². The Morgan fingerprint density at radius 2 is 1.68 bits per heavy atom. The summed E-state index contributed by atoms with van der Waals surface area (Å²) in [7, 11) is 0. The van der Waals surface area contributed by atoms with E-state index >= 15 is 0 Å². The van der Waals surface area contributed by atoms with E-state index in [1.54, 1.807) is 36.2 Å². The second kappa shape index (κ2) is 14.5. The molecule has 8 heteroatoms. The first-order valence-corrected chi connectivity index (χ1v) is 14.7. The lowest BCUT2D eigenvalue weighted by atomic mass is 9.95. The summed E-state index contributed by atoms with van der Waals surface area (Å²) in [6.45, 7) is 5.52. The smallest absolute Gasteiger partial charge is 0.270 e. The number of aromatic nitrogens is 1. The summed E-state index contributed by atoms with van der Waals surface area (Å²) < 4.78 is 0. The predicted octanol–water partition coefficient (Wildman–Crippen LogP) is 3.79. The number of pyridine rings is 1. The molecule has 2 aliphatic rings. The molecule has 2 amide bonds. The number of nitrogens with one attached hydrogen (secondary N) is 4. The van der Waals surface area contributed by atoms with E-state index in [1.165, 1.54) is 50.5 Å². The van der Waals surface area contributed by atoms with Gasteiger partial charge < -0.3 is 21.3 Å². The minimum atomic E-state index is -0.288. The number of thioether (sulfide) groups is 1. The minimum Gasteiger partial charge on any atom is -0.351 e. The highest BCUT2D eigenvalue weighted by atomic mass is 32.2. The van der Waals surface area contributed by atoms with Crippen molar-refractivity contribution in [1.82, 2.24) is 26.3 Å². The Balaban J connectivity index is 1.10. The molecule has 0 bridgehead atoms. The second-order valence-corrected chi connectivity index (χ2v) is 11.7. The van der Waals surface area contributed by atoms with Crippen LogP contribution >= 0.6 is 11.8 Å². The summed E-state index contributed by atoms with van der Waals surface area (Å²) in [5, 5.41) is 13.1. The SMILES string of the molecule is CC1SC(C(=O)NCc2ccc(CNCCCCNC3CCCCC3)cc2)[C@H]1NC(=O)c1ccccn1. The van der Waals surface area contributed by atoms with Crippen LogP contribution in [-0.4, -0.2) is 52.5 Å². The molecular formula is C29H41N5O2S. The van der Waals surface area contributed by atoms with E-state index in [4.69, 9.17) is 0 Å². The summed E-state index contributed by atoms with van der Waals surface area (Å²) in [6, 6.07) is 14.2. The van der Waals surface area contributed by atoms with Gasteiger partial charge in [0.1, 0.15) is 10.9 Å². The average molecular weight is 524 g/mol. The molecule has 2 heterocycles. The fraction of sp³-hybridized carbons (Fsp3) is 0.552. The van der Waals surface area contributed by atoms with Gasteiger partial charge in [0.2, 0.25) is 5.91 Å². The number of amides is 2. The first kappa shape index (κ1) is 27.6. The molecule has 0 spiro atoms. The van der Waals surface area contributed by atoms with Crippen molar-refractivity contribution in [1.29, 1.82) is 0 Å². The van der Waals surface area contributed by atoms with Crippen molar-refractivity contribution in [3.05, 3.63) is 65.5 Å². The molecule has 3 atom stereocenters. The number of hydrogen-bond donors (Lipinski definition) is 4. The molecule has 2 fully saturated rings. The van der Waals surface area contributed by atoms with Gasteiger partial charge in [-0.1, -0.05) is 56.5 Å². The first-order valence-electron chi connectivity index (χ1n) is 13.8. The minimum absolute atomic E-state index is 0.0434. The molecule has 200 valence electrons. The van der Waals surface area contributed by atoms with Crippen molar-refractivity contribution in [3.8, 4) is 0 Å². The molecule has 37 heavy (non-hydrogen) atoms. The lowest BCUT2D eigenvalue weighted by molar-refractivity contribution is -0.121. The fourth-order valence-corrected chi connectivity index (χ4v) is 6.25. The Morgan fingerprint density at radius 1 is 0.946 bits per heavy atom. The van der Waals surface area contributed by atoms with Crippen LogP contribution in [0.5, 0.6) is 0 Å². The maximum absolute atomic E-state index is 12.8. The highest BCUT2D eigenvalue weighted by Crippen LogP contribution is 2.37. The molecule has 2 aromatic rings. The summed E-state index contributed by atoms with van der Waals surface area (Å²) in [6.07, 6.45) is 10.9. The van der Waals surface area contributed by atoms with Gasteiger partial charge in [0, 0.05) is 30.6 Å². The third-order valence-corrected chi connectivity index (χ3v) is 8.81. The molecular weight excluding hydrogens is 482 g/mol. The molecule has 1 aromatic carbocycles. The van der Waals surface area contributed by atoms with Gasteiger partial charge in [-0.25, -0.2) is 0 Å². The van der Waals surface area contributed by atoms with Gasteiger partial charge in [0.15, 0.2) is 0 Å². The van der Waals surface area contributed by atoms with Crippen molar-refractivity contribution in [2.24, 2.45) is 0 Å². The average Bonchev–Trinajstić information content (AvgIpc) is 2.94. The van der Waals surface area contributed by atoms with E-state index in [2.05, 4.69) is 50.5 Å².